The lowest BCUT2D eigenvalue weighted by atomic mass is 9.98. The lowest BCUT2D eigenvalue weighted by molar-refractivity contribution is -0.141. The number of aryl methyl sites for hydroxylation is 1. The van der Waals surface area contributed by atoms with E-state index in [2.05, 4.69) is 5.32 Å². The maximum Gasteiger partial charge on any atom is 0.308 e. The van der Waals surface area contributed by atoms with Crippen molar-refractivity contribution in [3.63, 3.8) is 0 Å². The SMILES string of the molecule is Cc1cccc(CC(CNC(=O)CN2C(=O)C(C)Oc3ccccc32)C(=O)O)c1. The number of ether oxygens (including phenoxy) is 1. The predicted molar refractivity (Wildman–Crippen MR) is 108 cm³/mol. The number of carbonyl (C=O) groups is 3. The van der Waals surface area contributed by atoms with E-state index in [-0.39, 0.29) is 19.0 Å². The summed E-state index contributed by atoms with van der Waals surface area (Å²) < 4.78 is 5.56. The number of para-hydroxylation sites is 2. The van der Waals surface area contributed by atoms with Crippen molar-refractivity contribution in [2.75, 3.05) is 18.0 Å². The molecular weight excluding hydrogens is 372 g/mol. The van der Waals surface area contributed by atoms with E-state index in [4.69, 9.17) is 4.74 Å². The maximum atomic E-state index is 12.5. The number of aliphatic carboxylic acids is 1. The van der Waals surface area contributed by atoms with Gasteiger partial charge >= 0.3 is 5.97 Å². The van der Waals surface area contributed by atoms with Crippen LogP contribution in [0.25, 0.3) is 0 Å². The molecule has 1 aliphatic rings. The third-order valence-electron chi connectivity index (χ3n) is 4.83. The number of hydrogen-bond acceptors (Lipinski definition) is 4. The van der Waals surface area contributed by atoms with E-state index in [9.17, 15) is 19.5 Å². The van der Waals surface area contributed by atoms with Crippen molar-refractivity contribution in [1.82, 2.24) is 5.32 Å². The molecule has 152 valence electrons. The molecule has 0 aliphatic carbocycles. The molecule has 0 spiro atoms. The zero-order valence-corrected chi connectivity index (χ0v) is 16.4. The molecule has 0 bridgehead atoms. The summed E-state index contributed by atoms with van der Waals surface area (Å²) in [6.07, 6.45) is -0.376. The normalized spacial score (nSPS) is 16.6. The van der Waals surface area contributed by atoms with Crippen molar-refractivity contribution in [3.05, 3.63) is 59.7 Å². The molecule has 7 heteroatoms. The lowest BCUT2D eigenvalue weighted by Crippen LogP contribution is -2.49. The molecule has 7 nitrogen and oxygen atoms in total. The Bertz CT molecular complexity index is 927. The molecule has 2 atom stereocenters. The minimum atomic E-state index is -0.978. The van der Waals surface area contributed by atoms with Crippen molar-refractivity contribution in [2.24, 2.45) is 5.92 Å². The molecule has 2 aromatic carbocycles. The first-order valence-corrected chi connectivity index (χ1v) is 9.47. The summed E-state index contributed by atoms with van der Waals surface area (Å²) in [4.78, 5) is 37.9. The van der Waals surface area contributed by atoms with E-state index in [1.54, 1.807) is 31.2 Å². The highest BCUT2D eigenvalue weighted by atomic mass is 16.5. The largest absolute Gasteiger partial charge is 0.481 e. The highest BCUT2D eigenvalue weighted by Crippen LogP contribution is 2.33. The highest BCUT2D eigenvalue weighted by molar-refractivity contribution is 6.03. The number of nitrogens with one attached hydrogen (secondary N) is 1. The van der Waals surface area contributed by atoms with Crippen LogP contribution >= 0.6 is 0 Å². The highest BCUT2D eigenvalue weighted by Gasteiger charge is 2.32. The Morgan fingerprint density at radius 2 is 1.97 bits per heavy atom. The van der Waals surface area contributed by atoms with Crippen LogP contribution in [0, 0.1) is 12.8 Å². The van der Waals surface area contributed by atoms with Crippen LogP contribution in [0.5, 0.6) is 5.75 Å². The molecule has 0 saturated carbocycles. The molecule has 29 heavy (non-hydrogen) atoms. The van der Waals surface area contributed by atoms with Crippen LogP contribution in [0.1, 0.15) is 18.1 Å². The van der Waals surface area contributed by atoms with E-state index in [0.717, 1.165) is 11.1 Å². The van der Waals surface area contributed by atoms with Crippen LogP contribution in [0.2, 0.25) is 0 Å². The quantitative estimate of drug-likeness (QED) is 0.748. The van der Waals surface area contributed by atoms with Crippen LogP contribution in [0.4, 0.5) is 5.69 Å². The predicted octanol–water partition coefficient (Wildman–Crippen LogP) is 2.17. The summed E-state index contributed by atoms with van der Waals surface area (Å²) in [5.74, 6) is -1.93. The second-order valence-corrected chi connectivity index (χ2v) is 7.18. The van der Waals surface area contributed by atoms with Gasteiger partial charge in [-0.05, 0) is 38.0 Å². The zero-order valence-electron chi connectivity index (χ0n) is 16.4. The van der Waals surface area contributed by atoms with Gasteiger partial charge in [-0.1, -0.05) is 42.0 Å². The Kier molecular flexibility index (Phi) is 6.16. The van der Waals surface area contributed by atoms with Gasteiger partial charge in [-0.3, -0.25) is 19.3 Å². The van der Waals surface area contributed by atoms with E-state index in [1.165, 1.54) is 4.90 Å². The fourth-order valence-electron chi connectivity index (χ4n) is 3.33. The van der Waals surface area contributed by atoms with Crippen LogP contribution in [-0.4, -0.2) is 42.1 Å². The average molecular weight is 396 g/mol. The summed E-state index contributed by atoms with van der Waals surface area (Å²) in [6, 6.07) is 14.6. The molecule has 1 aliphatic heterocycles. The molecule has 0 radical (unpaired) electrons. The molecule has 3 rings (SSSR count). The topological polar surface area (TPSA) is 95.9 Å². The molecule has 0 fully saturated rings. The minimum absolute atomic E-state index is 0.0160. The average Bonchev–Trinajstić information content (AvgIpc) is 2.68. The van der Waals surface area contributed by atoms with Gasteiger partial charge in [0.05, 0.1) is 11.6 Å². The van der Waals surface area contributed by atoms with Crippen molar-refractivity contribution in [2.45, 2.75) is 26.4 Å². The molecular formula is C22H24N2O5. The number of anilines is 1. The molecule has 1 heterocycles. The van der Waals surface area contributed by atoms with Gasteiger partial charge < -0.3 is 15.2 Å². The Labute approximate surface area is 169 Å². The van der Waals surface area contributed by atoms with Gasteiger partial charge in [-0.25, -0.2) is 0 Å². The van der Waals surface area contributed by atoms with Gasteiger partial charge in [-0.15, -0.1) is 0 Å². The van der Waals surface area contributed by atoms with E-state index in [1.807, 2.05) is 31.2 Å². The van der Waals surface area contributed by atoms with Gasteiger partial charge in [0.2, 0.25) is 5.91 Å². The summed E-state index contributed by atoms with van der Waals surface area (Å²) in [5.41, 5.74) is 2.48. The molecule has 2 amide bonds. The minimum Gasteiger partial charge on any atom is -0.481 e. The van der Waals surface area contributed by atoms with E-state index < -0.39 is 23.9 Å². The zero-order chi connectivity index (χ0) is 21.0. The van der Waals surface area contributed by atoms with Crippen LogP contribution in [0.15, 0.2) is 48.5 Å². The number of hydrogen-bond donors (Lipinski definition) is 2. The number of amides is 2. The Morgan fingerprint density at radius 3 is 2.69 bits per heavy atom. The first-order chi connectivity index (χ1) is 13.8. The number of benzene rings is 2. The van der Waals surface area contributed by atoms with Crippen molar-refractivity contribution < 1.29 is 24.2 Å². The van der Waals surface area contributed by atoms with Gasteiger partial charge in [-0.2, -0.15) is 0 Å². The Hall–Kier alpha value is -3.35. The third kappa shape index (κ3) is 4.93. The summed E-state index contributed by atoms with van der Waals surface area (Å²) >= 11 is 0. The molecule has 2 aromatic rings. The van der Waals surface area contributed by atoms with Crippen molar-refractivity contribution >= 4 is 23.5 Å². The number of carboxylic acid groups (broad SMARTS) is 1. The Balaban J connectivity index is 1.63. The first kappa shape index (κ1) is 20.4. The van der Waals surface area contributed by atoms with Crippen LogP contribution in [-0.2, 0) is 20.8 Å². The first-order valence-electron chi connectivity index (χ1n) is 9.47. The fourth-order valence-corrected chi connectivity index (χ4v) is 3.33. The molecule has 2 N–H and O–H groups in total. The third-order valence-corrected chi connectivity index (χ3v) is 4.83. The van der Waals surface area contributed by atoms with Crippen LogP contribution in [0.3, 0.4) is 0 Å². The van der Waals surface area contributed by atoms with Gasteiger partial charge in [0.15, 0.2) is 6.10 Å². The summed E-state index contributed by atoms with van der Waals surface area (Å²) in [6.45, 7) is 3.36. The van der Waals surface area contributed by atoms with E-state index in [0.29, 0.717) is 17.9 Å². The lowest BCUT2D eigenvalue weighted by Gasteiger charge is -2.32. The second-order valence-electron chi connectivity index (χ2n) is 7.18. The number of fused-ring (bicyclic) bond motifs is 1. The standard InChI is InChI=1S/C22H24N2O5/c1-14-6-5-7-16(10-14)11-17(22(27)28)12-23-20(25)13-24-18-8-3-4-9-19(18)29-15(2)21(24)26/h3-10,15,17H,11-13H2,1-2H3,(H,23,25)(H,27,28). The number of carboxylic acids is 1. The second kappa shape index (κ2) is 8.77. The van der Waals surface area contributed by atoms with Gasteiger partial charge in [0.1, 0.15) is 12.3 Å². The Morgan fingerprint density at radius 1 is 1.21 bits per heavy atom. The van der Waals surface area contributed by atoms with Gasteiger partial charge in [0, 0.05) is 6.54 Å². The molecule has 0 saturated heterocycles. The van der Waals surface area contributed by atoms with E-state index >= 15 is 0 Å². The number of nitrogens with zero attached hydrogens (tertiary/aromatic N) is 1. The summed E-state index contributed by atoms with van der Waals surface area (Å²) in [7, 11) is 0. The smallest absolute Gasteiger partial charge is 0.308 e. The van der Waals surface area contributed by atoms with Gasteiger partial charge in [0.25, 0.3) is 5.91 Å². The van der Waals surface area contributed by atoms with Crippen LogP contribution < -0.4 is 15.0 Å². The number of carbonyl (C=O) groups excluding carboxylic acids is 2. The molecule has 0 aromatic heterocycles. The fraction of sp³-hybridized carbons (Fsp3) is 0.318. The van der Waals surface area contributed by atoms with Crippen molar-refractivity contribution in [3.8, 4) is 5.75 Å². The number of rotatable bonds is 7. The molecule has 2 unspecified atom stereocenters. The monoisotopic (exact) mass is 396 g/mol. The summed E-state index contributed by atoms with van der Waals surface area (Å²) in [5, 5.41) is 12.2. The van der Waals surface area contributed by atoms with Crippen molar-refractivity contribution in [1.29, 1.82) is 0 Å². The maximum absolute atomic E-state index is 12.5.